The van der Waals surface area contributed by atoms with Gasteiger partial charge in [0.2, 0.25) is 0 Å². The van der Waals surface area contributed by atoms with Crippen molar-refractivity contribution in [3.8, 4) is 0 Å². The molecule has 0 unspecified atom stereocenters. The Hall–Kier alpha value is 1.21. The number of rotatable bonds is 1. The van der Waals surface area contributed by atoms with Crippen molar-refractivity contribution in [2.75, 3.05) is 11.8 Å². The topological polar surface area (TPSA) is 9.23 Å². The number of hydrogen-bond donors (Lipinski definition) is 0. The van der Waals surface area contributed by atoms with Gasteiger partial charge in [-0.2, -0.15) is 0 Å². The molecule has 0 aromatic carbocycles. The van der Waals surface area contributed by atoms with Gasteiger partial charge in [-0.05, 0) is 0 Å². The first kappa shape index (κ1) is 9.51. The van der Waals surface area contributed by atoms with E-state index in [0.717, 1.165) is 4.74 Å². The van der Waals surface area contributed by atoms with Crippen LogP contribution in [0.3, 0.4) is 0 Å². The van der Waals surface area contributed by atoms with Crippen LogP contribution in [-0.4, -0.2) is 33.6 Å². The smallest absolute Gasteiger partial charge is 1.00 e. The Kier molecular flexibility index (Phi) is 17.0. The SMILES string of the molecule is CO[CH2][Mg+].[Br-]. The minimum atomic E-state index is 0. The second-order valence-electron chi connectivity index (χ2n) is 0.493. The van der Waals surface area contributed by atoms with Crippen LogP contribution >= 0.6 is 0 Å². The van der Waals surface area contributed by atoms with E-state index in [1.807, 2.05) is 0 Å². The second-order valence-corrected chi connectivity index (χ2v) is 0.901. The largest absolute Gasteiger partial charge is 1.00 e. The molecule has 0 atom stereocenters. The standard InChI is InChI=1S/C2H5O.BrH.Mg/c1-3-2;;/h1H2,2H3;1H;/q;;+1/p-1. The van der Waals surface area contributed by atoms with E-state index in [4.69, 9.17) is 0 Å². The molecule has 5 heavy (non-hydrogen) atoms. The molecule has 0 bridgehead atoms. The van der Waals surface area contributed by atoms with Gasteiger partial charge in [0.1, 0.15) is 0 Å². The Morgan fingerprint density at radius 2 is 2.00 bits per heavy atom. The monoisotopic (exact) mass is 148 g/mol. The van der Waals surface area contributed by atoms with Gasteiger partial charge in [-0.3, -0.25) is 0 Å². The summed E-state index contributed by atoms with van der Waals surface area (Å²) in [4.78, 5) is 0. The van der Waals surface area contributed by atoms with Gasteiger partial charge in [-0.25, -0.2) is 0 Å². The summed E-state index contributed by atoms with van der Waals surface area (Å²) in [5, 5.41) is 0. The van der Waals surface area contributed by atoms with E-state index in [9.17, 15) is 0 Å². The van der Waals surface area contributed by atoms with Crippen LogP contribution in [-0.2, 0) is 4.74 Å². The molecule has 1 nitrogen and oxygen atoms in total. The molecule has 0 spiro atoms. The predicted octanol–water partition coefficient (Wildman–Crippen LogP) is -3.24. The number of hydrogen-bond acceptors (Lipinski definition) is 1. The maximum Gasteiger partial charge on any atom is -1.00 e. The van der Waals surface area contributed by atoms with Gasteiger partial charge in [0.15, 0.2) is 0 Å². The van der Waals surface area contributed by atoms with Crippen molar-refractivity contribution >= 4 is 21.7 Å². The van der Waals surface area contributed by atoms with Crippen LogP contribution in [0.25, 0.3) is 0 Å². The van der Waals surface area contributed by atoms with E-state index in [2.05, 4.69) is 4.74 Å². The number of halogens is 1. The average molecular weight is 149 g/mol. The summed E-state index contributed by atoms with van der Waals surface area (Å²) in [5.41, 5.74) is 0. The fourth-order valence-electron chi connectivity index (χ4n) is 0. The van der Waals surface area contributed by atoms with Gasteiger partial charge in [0, 0.05) is 0 Å². The molecule has 0 heterocycles. The molecule has 0 radical (unpaired) electrons. The van der Waals surface area contributed by atoms with Crippen LogP contribution in [0.4, 0.5) is 0 Å². The van der Waals surface area contributed by atoms with Crippen molar-refractivity contribution < 1.29 is 21.7 Å². The molecule has 28 valence electrons. The Morgan fingerprint density at radius 1 is 1.80 bits per heavy atom. The summed E-state index contributed by atoms with van der Waals surface area (Å²) in [6, 6.07) is 0. The van der Waals surface area contributed by atoms with Crippen molar-refractivity contribution in [2.24, 2.45) is 0 Å². The van der Waals surface area contributed by atoms with Crippen LogP contribution in [0.1, 0.15) is 0 Å². The third-order valence-corrected chi connectivity index (χ3v) is 0.612. The number of methoxy groups -OCH3 is 1. The van der Waals surface area contributed by atoms with Gasteiger partial charge in [-0.1, -0.05) is 0 Å². The number of ether oxygens (including phenoxy) is 1. The van der Waals surface area contributed by atoms with Gasteiger partial charge in [0.05, 0.1) is 0 Å². The van der Waals surface area contributed by atoms with Crippen molar-refractivity contribution in [1.29, 1.82) is 0 Å². The fraction of sp³-hybridized carbons (Fsp3) is 1.00. The molecule has 0 rings (SSSR count). The van der Waals surface area contributed by atoms with Crippen molar-refractivity contribution in [3.05, 3.63) is 0 Å². The van der Waals surface area contributed by atoms with Crippen molar-refractivity contribution in [1.82, 2.24) is 0 Å². The van der Waals surface area contributed by atoms with Crippen LogP contribution in [0.5, 0.6) is 0 Å². The van der Waals surface area contributed by atoms with Crippen LogP contribution < -0.4 is 17.0 Å². The Bertz CT molecular complexity index is 11.6. The predicted molar refractivity (Wildman–Crippen MR) is 17.6 cm³/mol. The molecule has 0 fully saturated rings. The zero-order valence-electron chi connectivity index (χ0n) is 3.20. The van der Waals surface area contributed by atoms with Gasteiger partial charge in [-0.15, -0.1) is 0 Å². The zero-order chi connectivity index (χ0) is 3.41. The molecule has 3 heteroatoms. The second kappa shape index (κ2) is 8.96. The molecule has 0 saturated carbocycles. The first-order valence-electron chi connectivity index (χ1n) is 1.20. The molecule has 0 aliphatic rings. The van der Waals surface area contributed by atoms with E-state index in [1.54, 1.807) is 28.8 Å². The summed E-state index contributed by atoms with van der Waals surface area (Å²) in [7, 11) is 1.69. The zero-order valence-corrected chi connectivity index (χ0v) is 6.20. The third-order valence-electron chi connectivity index (χ3n) is 0.204. The maximum atomic E-state index is 4.55. The molecular weight excluding hydrogens is 144 g/mol. The fourth-order valence-corrected chi connectivity index (χ4v) is 0. The van der Waals surface area contributed by atoms with E-state index < -0.39 is 0 Å². The average Bonchev–Trinajstić information content (AvgIpc) is 1.37. The van der Waals surface area contributed by atoms with Crippen LogP contribution in [0.15, 0.2) is 0 Å². The molecule has 0 aliphatic carbocycles. The molecule has 0 aliphatic heterocycles. The van der Waals surface area contributed by atoms with Crippen LogP contribution in [0, 0.1) is 0 Å². The summed E-state index contributed by atoms with van der Waals surface area (Å²) in [6.07, 6.45) is 0. The Morgan fingerprint density at radius 3 is 2.00 bits per heavy atom. The van der Waals surface area contributed by atoms with E-state index in [1.165, 1.54) is 0 Å². The molecular formula is C2H5BrMgO. The van der Waals surface area contributed by atoms with Gasteiger partial charge in [0.25, 0.3) is 0 Å². The van der Waals surface area contributed by atoms with Crippen LogP contribution in [0.2, 0.25) is 0 Å². The summed E-state index contributed by atoms with van der Waals surface area (Å²) >= 11 is 1.80. The van der Waals surface area contributed by atoms with E-state index in [0.29, 0.717) is 0 Å². The van der Waals surface area contributed by atoms with Gasteiger partial charge < -0.3 is 17.0 Å². The Balaban J connectivity index is 0. The van der Waals surface area contributed by atoms with E-state index in [-0.39, 0.29) is 17.0 Å². The summed E-state index contributed by atoms with van der Waals surface area (Å²) in [5.74, 6) is 0. The van der Waals surface area contributed by atoms with Crippen molar-refractivity contribution in [2.45, 2.75) is 0 Å². The first-order valence-corrected chi connectivity index (χ1v) is 2.20. The normalized spacial score (nSPS) is 6.20. The summed E-state index contributed by atoms with van der Waals surface area (Å²) < 4.78 is 5.40. The summed E-state index contributed by atoms with van der Waals surface area (Å²) in [6.45, 7) is 0. The van der Waals surface area contributed by atoms with E-state index >= 15 is 0 Å². The molecule has 0 amide bonds. The quantitative estimate of drug-likeness (QED) is 0.356. The van der Waals surface area contributed by atoms with Gasteiger partial charge >= 0.3 is 38.3 Å². The Labute approximate surface area is 55.3 Å². The molecule has 0 aromatic rings. The third kappa shape index (κ3) is 11.0. The minimum absolute atomic E-state index is 0. The first-order chi connectivity index (χ1) is 1.91. The molecule has 0 N–H and O–H groups in total. The minimum Gasteiger partial charge on any atom is -1.00 e. The molecule has 0 aromatic heterocycles. The van der Waals surface area contributed by atoms with Crippen molar-refractivity contribution in [3.63, 3.8) is 0 Å². The maximum absolute atomic E-state index is 4.55. The molecule has 0 saturated heterocycles.